The first kappa shape index (κ1) is 34.7. The molecule has 0 aromatic carbocycles. The maximum absolute atomic E-state index is 11.7. The van der Waals surface area contributed by atoms with Crippen molar-refractivity contribution in [3.05, 3.63) is 0 Å². The SMILES string of the molecule is CSCCC(=O)NCCOCCOCCOCCOCCC(=O)NCCCCCCOP(C)([O-])=S. The van der Waals surface area contributed by atoms with E-state index in [9.17, 15) is 14.5 Å². The fraction of sp³-hybridized carbons (Fsp3) is 0.909. The summed E-state index contributed by atoms with van der Waals surface area (Å²) in [5, 5.41) is 5.67. The predicted molar refractivity (Wildman–Crippen MR) is 142 cm³/mol. The summed E-state index contributed by atoms with van der Waals surface area (Å²) in [6.07, 6.45) is 6.46. The molecule has 0 saturated carbocycles. The average Bonchev–Trinajstić information content (AvgIpc) is 2.81. The topological polar surface area (TPSA) is 127 Å². The first-order chi connectivity index (χ1) is 16.8. The van der Waals surface area contributed by atoms with E-state index in [0.717, 1.165) is 31.4 Å². The molecule has 0 rings (SSSR count). The number of amides is 2. The number of carbonyl (C=O) groups excluding carboxylic acids is 2. The van der Waals surface area contributed by atoms with E-state index in [4.69, 9.17) is 35.3 Å². The molecule has 0 aromatic rings. The molecule has 0 spiro atoms. The first-order valence-electron chi connectivity index (χ1n) is 12.1. The Hall–Kier alpha value is -0.300. The number of hydrogen-bond donors (Lipinski definition) is 2. The highest BCUT2D eigenvalue weighted by atomic mass is 32.5. The van der Waals surface area contributed by atoms with Crippen LogP contribution in [0.15, 0.2) is 0 Å². The molecular formula is C22H44N2O8PS2-. The highest BCUT2D eigenvalue weighted by molar-refractivity contribution is 8.08. The van der Waals surface area contributed by atoms with Gasteiger partial charge in [0, 0.05) is 31.7 Å². The fourth-order valence-electron chi connectivity index (χ4n) is 2.60. The van der Waals surface area contributed by atoms with Crippen molar-refractivity contribution in [2.45, 2.75) is 38.5 Å². The minimum Gasteiger partial charge on any atom is -0.801 e. The van der Waals surface area contributed by atoms with Crippen LogP contribution < -0.4 is 15.5 Å². The Morgan fingerprint density at radius 2 is 1.26 bits per heavy atom. The van der Waals surface area contributed by atoms with Gasteiger partial charge in [-0.15, -0.1) is 0 Å². The number of thioether (sulfide) groups is 1. The van der Waals surface area contributed by atoms with E-state index >= 15 is 0 Å². The minimum absolute atomic E-state index is 0.0270. The Morgan fingerprint density at radius 1 is 0.743 bits per heavy atom. The van der Waals surface area contributed by atoms with Crippen LogP contribution in [0.3, 0.4) is 0 Å². The summed E-state index contributed by atoms with van der Waals surface area (Å²) in [6, 6.07) is 0. The van der Waals surface area contributed by atoms with Crippen LogP contribution in [0.25, 0.3) is 0 Å². The van der Waals surface area contributed by atoms with Crippen molar-refractivity contribution in [2.75, 3.05) is 91.2 Å². The molecule has 2 N–H and O–H groups in total. The normalized spacial score (nSPS) is 12.9. The summed E-state index contributed by atoms with van der Waals surface area (Å²) in [6.45, 7) is 3.80. The zero-order chi connectivity index (χ0) is 26.0. The molecule has 0 heterocycles. The third-order valence-electron chi connectivity index (χ3n) is 4.41. The number of hydrogen-bond acceptors (Lipinski definition) is 10. The smallest absolute Gasteiger partial charge is 0.222 e. The quantitative estimate of drug-likeness (QED) is 0.118. The summed E-state index contributed by atoms with van der Waals surface area (Å²) in [5.74, 6) is 0.851. The van der Waals surface area contributed by atoms with Crippen molar-refractivity contribution in [1.82, 2.24) is 10.6 Å². The number of nitrogens with one attached hydrogen (secondary N) is 2. The van der Waals surface area contributed by atoms with E-state index in [-0.39, 0.29) is 11.8 Å². The predicted octanol–water partition coefficient (Wildman–Crippen LogP) is 1.31. The molecule has 0 radical (unpaired) electrons. The highest BCUT2D eigenvalue weighted by Gasteiger charge is 2.02. The monoisotopic (exact) mass is 559 g/mol. The van der Waals surface area contributed by atoms with Crippen LogP contribution in [0.4, 0.5) is 0 Å². The van der Waals surface area contributed by atoms with Gasteiger partial charge in [0.1, 0.15) is 0 Å². The van der Waals surface area contributed by atoms with Crippen molar-refractivity contribution >= 4 is 41.9 Å². The molecule has 0 aliphatic carbocycles. The van der Waals surface area contributed by atoms with E-state index < -0.39 is 6.49 Å². The van der Waals surface area contributed by atoms with Gasteiger partial charge in [-0.2, -0.15) is 11.8 Å². The van der Waals surface area contributed by atoms with Crippen LogP contribution in [0, 0.1) is 0 Å². The molecule has 0 aliphatic rings. The van der Waals surface area contributed by atoms with E-state index in [2.05, 4.69) is 10.6 Å². The van der Waals surface area contributed by atoms with E-state index in [1.54, 1.807) is 11.8 Å². The molecule has 10 nitrogen and oxygen atoms in total. The van der Waals surface area contributed by atoms with Crippen molar-refractivity contribution in [2.24, 2.45) is 0 Å². The molecule has 0 saturated heterocycles. The van der Waals surface area contributed by atoms with Crippen LogP contribution in [0.5, 0.6) is 0 Å². The lowest BCUT2D eigenvalue weighted by molar-refractivity contribution is -0.180. The van der Waals surface area contributed by atoms with Crippen LogP contribution in [0.2, 0.25) is 0 Å². The summed E-state index contributed by atoms with van der Waals surface area (Å²) >= 11 is 6.34. The van der Waals surface area contributed by atoms with Crippen molar-refractivity contribution in [3.63, 3.8) is 0 Å². The minimum atomic E-state index is -2.79. The lowest BCUT2D eigenvalue weighted by atomic mass is 10.2. The van der Waals surface area contributed by atoms with Crippen molar-refractivity contribution in [1.29, 1.82) is 0 Å². The van der Waals surface area contributed by atoms with Crippen molar-refractivity contribution < 1.29 is 38.0 Å². The number of ether oxygens (including phenoxy) is 4. The molecule has 0 aliphatic heterocycles. The molecule has 13 heteroatoms. The fourth-order valence-corrected chi connectivity index (χ4v) is 3.67. The second-order valence-corrected chi connectivity index (χ2v) is 12.4. The summed E-state index contributed by atoms with van der Waals surface area (Å²) < 4.78 is 26.7. The van der Waals surface area contributed by atoms with Gasteiger partial charge >= 0.3 is 0 Å². The highest BCUT2D eigenvalue weighted by Crippen LogP contribution is 2.31. The zero-order valence-electron chi connectivity index (χ0n) is 21.3. The van der Waals surface area contributed by atoms with Gasteiger partial charge in [-0.1, -0.05) is 24.6 Å². The standard InChI is InChI=1S/C22H45N2O8PS2/c1-33(27,34)32-11-6-4-3-5-9-23-21(25)7-12-28-14-16-30-18-19-31-17-15-29-13-10-24-22(26)8-20-35-2/h3-20H2,1-2H3,(H,23,25)(H,24,26)(H,27,34)/p-1. The number of rotatable bonds is 26. The first-order valence-corrected chi connectivity index (χ1v) is 16.6. The summed E-state index contributed by atoms with van der Waals surface area (Å²) in [5.41, 5.74) is 0. The van der Waals surface area contributed by atoms with Gasteiger partial charge in [-0.05, 0) is 32.3 Å². The van der Waals surface area contributed by atoms with Crippen LogP contribution in [-0.2, 0) is 44.9 Å². The summed E-state index contributed by atoms with van der Waals surface area (Å²) in [7, 11) is 0. The maximum atomic E-state index is 11.7. The van der Waals surface area contributed by atoms with Crippen LogP contribution in [-0.4, -0.2) is 103 Å². The number of unbranched alkanes of at least 4 members (excludes halogenated alkanes) is 3. The average molecular weight is 560 g/mol. The lowest BCUT2D eigenvalue weighted by Crippen LogP contribution is -2.27. The molecule has 35 heavy (non-hydrogen) atoms. The Balaban J connectivity index is 3.22. The Kier molecular flexibility index (Phi) is 25.1. The largest absolute Gasteiger partial charge is 0.801 e. The molecule has 0 fully saturated rings. The van der Waals surface area contributed by atoms with Gasteiger partial charge in [-0.25, -0.2) is 0 Å². The summed E-state index contributed by atoms with van der Waals surface area (Å²) in [4.78, 5) is 34.4. The molecular weight excluding hydrogens is 515 g/mol. The van der Waals surface area contributed by atoms with Gasteiger partial charge in [-0.3, -0.25) is 9.59 Å². The molecule has 0 aromatic heterocycles. The number of carbonyl (C=O) groups is 2. The van der Waals surface area contributed by atoms with Gasteiger partial charge in [0.2, 0.25) is 11.8 Å². The Bertz CT molecular complexity index is 570. The Morgan fingerprint density at radius 3 is 1.86 bits per heavy atom. The Labute approximate surface area is 220 Å². The van der Waals surface area contributed by atoms with Gasteiger partial charge < -0.3 is 39.0 Å². The van der Waals surface area contributed by atoms with E-state index in [1.165, 1.54) is 6.66 Å². The molecule has 208 valence electrons. The van der Waals surface area contributed by atoms with E-state index in [0.29, 0.717) is 85.4 Å². The molecule has 1 atom stereocenters. The molecule has 0 bridgehead atoms. The second kappa shape index (κ2) is 25.4. The van der Waals surface area contributed by atoms with Gasteiger partial charge in [0.05, 0.1) is 59.5 Å². The van der Waals surface area contributed by atoms with Gasteiger partial charge in [0.15, 0.2) is 0 Å². The van der Waals surface area contributed by atoms with Gasteiger partial charge in [0.25, 0.3) is 0 Å². The lowest BCUT2D eigenvalue weighted by Gasteiger charge is -2.22. The molecule has 1 unspecified atom stereocenters. The molecule has 2 amide bonds. The third-order valence-corrected chi connectivity index (χ3v) is 5.99. The third kappa shape index (κ3) is 29.8. The second-order valence-electron chi connectivity index (χ2n) is 7.66. The van der Waals surface area contributed by atoms with Crippen LogP contribution >= 0.6 is 18.3 Å². The van der Waals surface area contributed by atoms with Crippen LogP contribution in [0.1, 0.15) is 38.5 Å². The maximum Gasteiger partial charge on any atom is 0.222 e. The van der Waals surface area contributed by atoms with Crippen molar-refractivity contribution in [3.8, 4) is 0 Å². The van der Waals surface area contributed by atoms with E-state index in [1.807, 2.05) is 6.26 Å². The zero-order valence-corrected chi connectivity index (χ0v) is 23.8.